The molecule has 0 aliphatic carbocycles. The Labute approximate surface area is 109 Å². The highest BCUT2D eigenvalue weighted by atomic mass is 19.4. The predicted octanol–water partition coefficient (Wildman–Crippen LogP) is 2.74. The Bertz CT molecular complexity index is 451. The van der Waals surface area contributed by atoms with E-state index in [1.165, 1.54) is 39.0 Å². The van der Waals surface area contributed by atoms with Gasteiger partial charge in [-0.05, 0) is 26.3 Å². The third-order valence-corrected chi connectivity index (χ3v) is 2.40. The highest BCUT2D eigenvalue weighted by Crippen LogP contribution is 2.38. The first-order valence-electron chi connectivity index (χ1n) is 5.63. The maximum absolute atomic E-state index is 13.2. The van der Waals surface area contributed by atoms with Crippen molar-refractivity contribution in [1.29, 1.82) is 0 Å². The molecular formula is C13H16F3NO2. The molecule has 0 saturated carbocycles. The molecule has 0 radical (unpaired) electrons. The molecule has 0 aromatic heterocycles. The molecule has 1 rings (SSSR count). The van der Waals surface area contributed by atoms with Crippen molar-refractivity contribution < 1.29 is 22.7 Å². The Balaban J connectivity index is 3.27. The minimum absolute atomic E-state index is 0.350. The Morgan fingerprint density at radius 2 is 1.58 bits per heavy atom. The molecule has 0 bridgehead atoms. The minimum Gasteiger partial charge on any atom is -0.458 e. The van der Waals surface area contributed by atoms with Gasteiger partial charge in [0.25, 0.3) is 0 Å². The highest BCUT2D eigenvalue weighted by Gasteiger charge is 2.60. The van der Waals surface area contributed by atoms with Crippen molar-refractivity contribution in [2.45, 2.75) is 38.1 Å². The summed E-state index contributed by atoms with van der Waals surface area (Å²) in [7, 11) is 0. The number of hydrogen-bond acceptors (Lipinski definition) is 3. The van der Waals surface area contributed by atoms with Crippen molar-refractivity contribution in [2.24, 2.45) is 5.73 Å². The topological polar surface area (TPSA) is 52.3 Å². The van der Waals surface area contributed by atoms with Gasteiger partial charge in [-0.1, -0.05) is 30.3 Å². The predicted molar refractivity (Wildman–Crippen MR) is 64.2 cm³/mol. The summed E-state index contributed by atoms with van der Waals surface area (Å²) in [5, 5.41) is 0. The summed E-state index contributed by atoms with van der Waals surface area (Å²) in [5.74, 6) is -1.52. The molecule has 0 heterocycles. The van der Waals surface area contributed by atoms with E-state index in [0.717, 1.165) is 12.1 Å². The van der Waals surface area contributed by atoms with Crippen LogP contribution in [-0.2, 0) is 15.1 Å². The van der Waals surface area contributed by atoms with Gasteiger partial charge in [0.15, 0.2) is 0 Å². The number of hydrogen-bond donors (Lipinski definition) is 1. The standard InChI is InChI=1S/C13H16F3NO2/c1-11(2,3)19-10(18)12(17,13(14,15)16)9-7-5-4-6-8-9/h4-8H,17H2,1-3H3. The van der Waals surface area contributed by atoms with Crippen LogP contribution in [0.5, 0.6) is 0 Å². The lowest BCUT2D eigenvalue weighted by molar-refractivity contribution is -0.214. The molecule has 1 aromatic carbocycles. The van der Waals surface area contributed by atoms with E-state index in [0.29, 0.717) is 0 Å². The summed E-state index contributed by atoms with van der Waals surface area (Å²) in [6.07, 6.45) is -4.95. The van der Waals surface area contributed by atoms with Gasteiger partial charge in [-0.25, -0.2) is 4.79 Å². The maximum Gasteiger partial charge on any atom is 0.421 e. The quantitative estimate of drug-likeness (QED) is 0.844. The van der Waals surface area contributed by atoms with E-state index >= 15 is 0 Å². The van der Waals surface area contributed by atoms with E-state index in [-0.39, 0.29) is 5.56 Å². The molecule has 1 aromatic rings. The number of carbonyl (C=O) groups is 1. The van der Waals surface area contributed by atoms with Gasteiger partial charge >= 0.3 is 12.1 Å². The Morgan fingerprint density at radius 1 is 1.11 bits per heavy atom. The molecule has 0 fully saturated rings. The summed E-state index contributed by atoms with van der Waals surface area (Å²) in [6, 6.07) is 6.60. The Kier molecular flexibility index (Phi) is 3.95. The molecule has 3 nitrogen and oxygen atoms in total. The zero-order valence-electron chi connectivity index (χ0n) is 10.9. The lowest BCUT2D eigenvalue weighted by atomic mass is 9.90. The van der Waals surface area contributed by atoms with Crippen LogP contribution in [0.3, 0.4) is 0 Å². The molecule has 0 aliphatic rings. The van der Waals surface area contributed by atoms with Gasteiger partial charge < -0.3 is 10.5 Å². The van der Waals surface area contributed by atoms with E-state index in [1.807, 2.05) is 0 Å². The van der Waals surface area contributed by atoms with Crippen molar-refractivity contribution >= 4 is 5.97 Å². The molecule has 6 heteroatoms. The maximum atomic E-state index is 13.2. The van der Waals surface area contributed by atoms with Crippen LogP contribution in [0.1, 0.15) is 26.3 Å². The molecule has 19 heavy (non-hydrogen) atoms. The fraction of sp³-hybridized carbons (Fsp3) is 0.462. The van der Waals surface area contributed by atoms with Crippen LogP contribution < -0.4 is 5.73 Å². The van der Waals surface area contributed by atoms with Crippen LogP contribution in [0, 0.1) is 0 Å². The zero-order chi connectivity index (χ0) is 14.9. The molecule has 106 valence electrons. The number of halogens is 3. The van der Waals surface area contributed by atoms with E-state index in [9.17, 15) is 18.0 Å². The summed E-state index contributed by atoms with van der Waals surface area (Å²) in [6.45, 7) is 4.44. The number of alkyl halides is 3. The molecule has 1 unspecified atom stereocenters. The van der Waals surface area contributed by atoms with E-state index in [4.69, 9.17) is 10.5 Å². The average Bonchev–Trinajstić information content (AvgIpc) is 2.25. The van der Waals surface area contributed by atoms with Gasteiger partial charge in [0, 0.05) is 0 Å². The zero-order valence-corrected chi connectivity index (χ0v) is 10.9. The molecule has 0 saturated heterocycles. The first kappa shape index (κ1) is 15.5. The molecule has 0 aliphatic heterocycles. The van der Waals surface area contributed by atoms with Crippen LogP contribution in [0.25, 0.3) is 0 Å². The first-order chi connectivity index (χ1) is 8.48. The smallest absolute Gasteiger partial charge is 0.421 e. The normalized spacial score (nSPS) is 15.7. The fourth-order valence-corrected chi connectivity index (χ4v) is 1.46. The van der Waals surface area contributed by atoms with Gasteiger partial charge in [0.2, 0.25) is 5.54 Å². The van der Waals surface area contributed by atoms with Crippen LogP contribution in [0.2, 0.25) is 0 Å². The van der Waals surface area contributed by atoms with Crippen LogP contribution >= 0.6 is 0 Å². The number of benzene rings is 1. The SMILES string of the molecule is CC(C)(C)OC(=O)C(N)(c1ccccc1)C(F)(F)F. The van der Waals surface area contributed by atoms with Gasteiger partial charge in [0.05, 0.1) is 0 Å². The number of rotatable bonds is 2. The molecule has 1 atom stereocenters. The summed E-state index contributed by atoms with van der Waals surface area (Å²) >= 11 is 0. The van der Waals surface area contributed by atoms with Crippen molar-refractivity contribution in [3.63, 3.8) is 0 Å². The third kappa shape index (κ3) is 3.26. The third-order valence-electron chi connectivity index (χ3n) is 2.40. The second-order valence-electron chi connectivity index (χ2n) is 5.17. The number of ether oxygens (including phenoxy) is 1. The molecular weight excluding hydrogens is 259 g/mol. The fourth-order valence-electron chi connectivity index (χ4n) is 1.46. The average molecular weight is 275 g/mol. The van der Waals surface area contributed by atoms with Crippen molar-refractivity contribution in [3.8, 4) is 0 Å². The summed E-state index contributed by atoms with van der Waals surface area (Å²) in [4.78, 5) is 11.9. The van der Waals surface area contributed by atoms with E-state index in [1.54, 1.807) is 0 Å². The van der Waals surface area contributed by atoms with Crippen LogP contribution in [-0.4, -0.2) is 17.7 Å². The van der Waals surface area contributed by atoms with Crippen molar-refractivity contribution in [2.75, 3.05) is 0 Å². The lowest BCUT2D eigenvalue weighted by Crippen LogP contribution is -2.58. The number of nitrogens with two attached hydrogens (primary N) is 1. The lowest BCUT2D eigenvalue weighted by Gasteiger charge is -2.33. The van der Waals surface area contributed by atoms with Crippen LogP contribution in [0.4, 0.5) is 13.2 Å². The van der Waals surface area contributed by atoms with Gasteiger partial charge in [-0.2, -0.15) is 13.2 Å². The molecule has 2 N–H and O–H groups in total. The number of carbonyl (C=O) groups excluding carboxylic acids is 1. The van der Waals surface area contributed by atoms with E-state index < -0.39 is 23.3 Å². The second kappa shape index (κ2) is 4.85. The van der Waals surface area contributed by atoms with Crippen molar-refractivity contribution in [3.05, 3.63) is 35.9 Å². The Hall–Kier alpha value is -1.56. The van der Waals surface area contributed by atoms with Crippen LogP contribution in [0.15, 0.2) is 30.3 Å². The summed E-state index contributed by atoms with van der Waals surface area (Å²) in [5.41, 5.74) is 0.778. The monoisotopic (exact) mass is 275 g/mol. The van der Waals surface area contributed by atoms with Gasteiger partial charge in [-0.3, -0.25) is 0 Å². The first-order valence-corrected chi connectivity index (χ1v) is 5.63. The largest absolute Gasteiger partial charge is 0.458 e. The Morgan fingerprint density at radius 3 is 1.95 bits per heavy atom. The van der Waals surface area contributed by atoms with E-state index in [2.05, 4.69) is 0 Å². The summed E-state index contributed by atoms with van der Waals surface area (Å²) < 4.78 is 44.4. The van der Waals surface area contributed by atoms with Gasteiger partial charge in [0.1, 0.15) is 5.60 Å². The second-order valence-corrected chi connectivity index (χ2v) is 5.17. The molecule has 0 spiro atoms. The number of esters is 1. The highest BCUT2D eigenvalue weighted by molar-refractivity contribution is 5.83. The minimum atomic E-state index is -4.95. The molecule has 0 amide bonds. The van der Waals surface area contributed by atoms with Gasteiger partial charge in [-0.15, -0.1) is 0 Å². The van der Waals surface area contributed by atoms with Crippen molar-refractivity contribution in [1.82, 2.24) is 0 Å².